The summed E-state index contributed by atoms with van der Waals surface area (Å²) in [5.41, 5.74) is 6.48. The molecule has 0 fully saturated rings. The van der Waals surface area contributed by atoms with E-state index in [4.69, 9.17) is 16.7 Å². The monoisotopic (exact) mass is 355 g/mol. The van der Waals surface area contributed by atoms with E-state index in [2.05, 4.69) is 61.6 Å². The largest absolute Gasteiger partial charge is 0.388 e. The first kappa shape index (κ1) is 17.8. The maximum Gasteiger partial charge on any atom is 0.0794 e. The van der Waals surface area contributed by atoms with Gasteiger partial charge in [-0.05, 0) is 54.7 Å². The summed E-state index contributed by atoms with van der Waals surface area (Å²) in [4.78, 5) is 0. The summed E-state index contributed by atoms with van der Waals surface area (Å²) in [6.07, 6.45) is 1.99. The van der Waals surface area contributed by atoms with Crippen LogP contribution >= 0.6 is 11.6 Å². The maximum atomic E-state index is 6.03. The zero-order chi connectivity index (χ0) is 18.0. The van der Waals surface area contributed by atoms with Crippen LogP contribution in [0.15, 0.2) is 47.6 Å². The van der Waals surface area contributed by atoms with Gasteiger partial charge in [0.2, 0.25) is 0 Å². The first-order valence-electron chi connectivity index (χ1n) is 8.83. The lowest BCUT2D eigenvalue weighted by atomic mass is 9.88. The molecule has 1 heterocycles. The fraction of sp³-hybridized carbons (Fsp3) is 0.381. The summed E-state index contributed by atoms with van der Waals surface area (Å²) in [6.45, 7) is 4.46. The molecule has 1 aliphatic rings. The van der Waals surface area contributed by atoms with E-state index in [1.807, 2.05) is 19.2 Å². The molecule has 0 aliphatic carbocycles. The molecule has 2 aromatic rings. The summed E-state index contributed by atoms with van der Waals surface area (Å²) >= 11 is 6.03. The molecule has 0 aromatic heterocycles. The van der Waals surface area contributed by atoms with E-state index >= 15 is 0 Å². The number of hydrogen-bond donors (Lipinski definition) is 1. The van der Waals surface area contributed by atoms with Crippen molar-refractivity contribution in [1.29, 1.82) is 0 Å². The standard InChI is InChI=1S/C21H26ClN3/c1-14-6-5-7-20(23-3)18(14)12-13-19-15(2)21(25(4)24-19)16-8-10-17(22)11-9-16/h5-11,15,21,23H,12-13H2,1-4H3. The van der Waals surface area contributed by atoms with Crippen molar-refractivity contribution in [3.05, 3.63) is 64.2 Å². The Morgan fingerprint density at radius 1 is 1.12 bits per heavy atom. The van der Waals surface area contributed by atoms with E-state index in [-0.39, 0.29) is 6.04 Å². The summed E-state index contributed by atoms with van der Waals surface area (Å²) in [5, 5.41) is 11.0. The highest BCUT2D eigenvalue weighted by Crippen LogP contribution is 2.36. The Kier molecular flexibility index (Phi) is 5.33. The van der Waals surface area contributed by atoms with Crippen molar-refractivity contribution in [3.8, 4) is 0 Å². The second-order valence-corrected chi connectivity index (χ2v) is 7.24. The minimum Gasteiger partial charge on any atom is -0.388 e. The van der Waals surface area contributed by atoms with Gasteiger partial charge in [0.25, 0.3) is 0 Å². The summed E-state index contributed by atoms with van der Waals surface area (Å²) in [6, 6.07) is 14.9. The maximum absolute atomic E-state index is 6.03. The van der Waals surface area contributed by atoms with Crippen LogP contribution in [-0.2, 0) is 6.42 Å². The molecule has 0 radical (unpaired) electrons. The molecule has 25 heavy (non-hydrogen) atoms. The van der Waals surface area contributed by atoms with Gasteiger partial charge >= 0.3 is 0 Å². The van der Waals surface area contributed by atoms with Gasteiger partial charge < -0.3 is 5.32 Å². The van der Waals surface area contributed by atoms with Crippen LogP contribution in [0, 0.1) is 12.8 Å². The first-order chi connectivity index (χ1) is 12.0. The third-order valence-electron chi connectivity index (χ3n) is 5.21. The van der Waals surface area contributed by atoms with Crippen molar-refractivity contribution < 1.29 is 0 Å². The van der Waals surface area contributed by atoms with E-state index in [0.29, 0.717) is 5.92 Å². The zero-order valence-corrected chi connectivity index (χ0v) is 16.1. The van der Waals surface area contributed by atoms with Gasteiger partial charge in [-0.2, -0.15) is 5.10 Å². The molecule has 132 valence electrons. The minimum atomic E-state index is 0.285. The van der Waals surface area contributed by atoms with Crippen LogP contribution in [-0.4, -0.2) is 24.8 Å². The Morgan fingerprint density at radius 2 is 1.84 bits per heavy atom. The number of benzene rings is 2. The summed E-state index contributed by atoms with van der Waals surface area (Å²) in [7, 11) is 4.05. The Bertz CT molecular complexity index is 767. The molecule has 0 amide bonds. The highest BCUT2D eigenvalue weighted by atomic mass is 35.5. The Morgan fingerprint density at radius 3 is 2.52 bits per heavy atom. The number of nitrogens with zero attached hydrogens (tertiary/aromatic N) is 2. The van der Waals surface area contributed by atoms with Crippen LogP contribution in [0.4, 0.5) is 5.69 Å². The quantitative estimate of drug-likeness (QED) is 0.787. The Balaban J connectivity index is 1.74. The SMILES string of the molecule is CNc1cccc(C)c1CCC1=NN(C)C(c2ccc(Cl)cc2)C1C. The lowest BCUT2D eigenvalue weighted by Crippen LogP contribution is -2.21. The smallest absolute Gasteiger partial charge is 0.0794 e. The molecule has 3 nitrogen and oxygen atoms in total. The third kappa shape index (κ3) is 3.67. The van der Waals surface area contributed by atoms with Gasteiger partial charge in [-0.15, -0.1) is 0 Å². The fourth-order valence-electron chi connectivity index (χ4n) is 3.83. The van der Waals surface area contributed by atoms with Gasteiger partial charge in [0, 0.05) is 36.4 Å². The molecule has 1 N–H and O–H groups in total. The molecule has 2 aromatic carbocycles. The first-order valence-corrected chi connectivity index (χ1v) is 9.21. The van der Waals surface area contributed by atoms with Crippen molar-refractivity contribution in [1.82, 2.24) is 5.01 Å². The molecule has 4 heteroatoms. The van der Waals surface area contributed by atoms with Crippen LogP contribution in [0.5, 0.6) is 0 Å². The number of halogens is 1. The molecule has 0 saturated carbocycles. The van der Waals surface area contributed by atoms with Gasteiger partial charge in [-0.3, -0.25) is 5.01 Å². The van der Waals surface area contributed by atoms with Gasteiger partial charge in [-0.1, -0.05) is 42.8 Å². The fourth-order valence-corrected chi connectivity index (χ4v) is 3.95. The van der Waals surface area contributed by atoms with Crippen LogP contribution in [0.2, 0.25) is 5.02 Å². The topological polar surface area (TPSA) is 27.6 Å². The van der Waals surface area contributed by atoms with Gasteiger partial charge in [0.05, 0.1) is 6.04 Å². The van der Waals surface area contributed by atoms with Crippen LogP contribution in [0.1, 0.15) is 36.1 Å². The van der Waals surface area contributed by atoms with Crippen molar-refractivity contribution >= 4 is 23.0 Å². The Hall–Kier alpha value is -2.00. The van der Waals surface area contributed by atoms with E-state index in [9.17, 15) is 0 Å². The van der Waals surface area contributed by atoms with Gasteiger partial charge in [-0.25, -0.2) is 0 Å². The molecule has 3 rings (SSSR count). The second-order valence-electron chi connectivity index (χ2n) is 6.80. The lowest BCUT2D eigenvalue weighted by molar-refractivity contribution is 0.257. The third-order valence-corrected chi connectivity index (χ3v) is 5.46. The molecule has 2 atom stereocenters. The highest BCUT2D eigenvalue weighted by Gasteiger charge is 2.32. The van der Waals surface area contributed by atoms with Crippen molar-refractivity contribution in [3.63, 3.8) is 0 Å². The molecular weight excluding hydrogens is 330 g/mol. The molecular formula is C21H26ClN3. The zero-order valence-electron chi connectivity index (χ0n) is 15.4. The molecule has 1 aliphatic heterocycles. The molecule has 0 spiro atoms. The van der Waals surface area contributed by atoms with Gasteiger partial charge in [0.15, 0.2) is 0 Å². The highest BCUT2D eigenvalue weighted by molar-refractivity contribution is 6.30. The number of anilines is 1. The van der Waals surface area contributed by atoms with Crippen molar-refractivity contribution in [2.45, 2.75) is 32.7 Å². The van der Waals surface area contributed by atoms with Crippen molar-refractivity contribution in [2.75, 3.05) is 19.4 Å². The number of rotatable bonds is 5. The molecule has 2 unspecified atom stereocenters. The van der Waals surface area contributed by atoms with E-state index in [1.165, 1.54) is 28.1 Å². The van der Waals surface area contributed by atoms with Crippen LogP contribution in [0.3, 0.4) is 0 Å². The minimum absolute atomic E-state index is 0.285. The molecule has 0 bridgehead atoms. The van der Waals surface area contributed by atoms with Crippen LogP contribution < -0.4 is 5.32 Å². The number of hydrogen-bond acceptors (Lipinski definition) is 3. The normalized spacial score (nSPS) is 19.9. The molecule has 0 saturated heterocycles. The number of aryl methyl sites for hydroxylation is 1. The average molecular weight is 356 g/mol. The number of hydrazone groups is 1. The van der Waals surface area contributed by atoms with Gasteiger partial charge in [0.1, 0.15) is 0 Å². The average Bonchev–Trinajstić information content (AvgIpc) is 2.88. The van der Waals surface area contributed by atoms with Crippen molar-refractivity contribution in [2.24, 2.45) is 11.0 Å². The summed E-state index contributed by atoms with van der Waals surface area (Å²) < 4.78 is 0. The Labute approximate surface area is 155 Å². The lowest BCUT2D eigenvalue weighted by Gasteiger charge is -2.23. The number of nitrogens with one attached hydrogen (secondary N) is 1. The predicted octanol–water partition coefficient (Wildman–Crippen LogP) is 5.30. The van der Waals surface area contributed by atoms with Crippen LogP contribution in [0.25, 0.3) is 0 Å². The predicted molar refractivity (Wildman–Crippen MR) is 108 cm³/mol. The van der Waals surface area contributed by atoms with E-state index in [1.54, 1.807) is 0 Å². The van der Waals surface area contributed by atoms with E-state index in [0.717, 1.165) is 17.9 Å². The van der Waals surface area contributed by atoms with E-state index < -0.39 is 0 Å². The summed E-state index contributed by atoms with van der Waals surface area (Å²) in [5.74, 6) is 0.397. The second kappa shape index (κ2) is 7.49.